The molecule has 0 saturated heterocycles. The summed E-state index contributed by atoms with van der Waals surface area (Å²) < 4.78 is 4.96. The Hall–Kier alpha value is -2.18. The number of pyridine rings is 1. The van der Waals surface area contributed by atoms with Gasteiger partial charge in [-0.25, -0.2) is 4.79 Å². The van der Waals surface area contributed by atoms with E-state index < -0.39 is 11.0 Å². The van der Waals surface area contributed by atoms with E-state index in [0.29, 0.717) is 5.69 Å². The maximum absolute atomic E-state index is 11.8. The number of ether oxygens (including phenoxy) is 1. The molecule has 7 heteroatoms. The zero-order valence-electron chi connectivity index (χ0n) is 9.91. The van der Waals surface area contributed by atoms with Gasteiger partial charge < -0.3 is 14.9 Å². The summed E-state index contributed by atoms with van der Waals surface area (Å²) in [5.74, 6) is -0.276. The van der Waals surface area contributed by atoms with Crippen LogP contribution in [0.25, 0.3) is 0 Å². The zero-order valence-corrected chi connectivity index (χ0v) is 9.91. The summed E-state index contributed by atoms with van der Waals surface area (Å²) in [5.41, 5.74) is 0.456. The normalized spacial score (nSPS) is 14.1. The van der Waals surface area contributed by atoms with Gasteiger partial charge in [-0.2, -0.15) is 0 Å². The first-order valence-corrected chi connectivity index (χ1v) is 5.70. The van der Waals surface area contributed by atoms with E-state index in [0.717, 1.165) is 12.8 Å². The summed E-state index contributed by atoms with van der Waals surface area (Å²) in [4.78, 5) is 27.0. The van der Waals surface area contributed by atoms with Gasteiger partial charge in [0.25, 0.3) is 0 Å². The number of hydrogen-bond donors (Lipinski definition) is 0. The Bertz CT molecular complexity index is 473. The number of nitrogens with zero attached hydrogens (tertiary/aromatic N) is 3. The Labute approximate surface area is 104 Å². The molecule has 2 rings (SSSR count). The standard InChI is InChI=1S/C11H13N3O4/c1-2-18-11(15)13(8-3-4-8)9-5-6-12-10(7-9)14(16)17/h5-8H,2-4H2,1H3. The molecule has 1 aromatic heterocycles. The van der Waals surface area contributed by atoms with E-state index in [4.69, 9.17) is 4.74 Å². The fraction of sp³-hybridized carbons (Fsp3) is 0.455. The summed E-state index contributed by atoms with van der Waals surface area (Å²) in [6, 6.07) is 2.93. The van der Waals surface area contributed by atoms with Gasteiger partial charge in [0, 0.05) is 12.1 Å². The largest absolute Gasteiger partial charge is 0.449 e. The second-order valence-corrected chi connectivity index (χ2v) is 3.93. The highest BCUT2D eigenvalue weighted by Crippen LogP contribution is 2.33. The van der Waals surface area contributed by atoms with Crippen molar-refractivity contribution in [1.82, 2.24) is 4.98 Å². The third-order valence-corrected chi connectivity index (χ3v) is 2.57. The van der Waals surface area contributed by atoms with Gasteiger partial charge in [0.2, 0.25) is 0 Å². The van der Waals surface area contributed by atoms with E-state index in [9.17, 15) is 14.9 Å². The number of amides is 1. The van der Waals surface area contributed by atoms with E-state index in [2.05, 4.69) is 4.98 Å². The fourth-order valence-electron chi connectivity index (χ4n) is 1.65. The van der Waals surface area contributed by atoms with Crippen molar-refractivity contribution in [3.63, 3.8) is 0 Å². The molecule has 0 spiro atoms. The zero-order chi connectivity index (χ0) is 13.1. The Morgan fingerprint density at radius 2 is 2.39 bits per heavy atom. The predicted molar refractivity (Wildman–Crippen MR) is 63.4 cm³/mol. The molecule has 0 aromatic carbocycles. The molecule has 96 valence electrons. The molecular weight excluding hydrogens is 238 g/mol. The van der Waals surface area contributed by atoms with Crippen LogP contribution in [0, 0.1) is 10.1 Å². The van der Waals surface area contributed by atoms with Gasteiger partial charge in [0.15, 0.2) is 0 Å². The Balaban J connectivity index is 2.27. The molecule has 0 atom stereocenters. The summed E-state index contributed by atoms with van der Waals surface area (Å²) >= 11 is 0. The minimum absolute atomic E-state index is 0.0751. The monoisotopic (exact) mass is 251 g/mol. The summed E-state index contributed by atoms with van der Waals surface area (Å²) in [6.07, 6.45) is 2.62. The SMILES string of the molecule is CCOC(=O)N(c1ccnc([N+](=O)[O-])c1)C1CC1. The average Bonchev–Trinajstić information content (AvgIpc) is 3.14. The van der Waals surface area contributed by atoms with Crippen LogP contribution in [0.3, 0.4) is 0 Å². The van der Waals surface area contributed by atoms with E-state index in [-0.39, 0.29) is 18.5 Å². The molecule has 7 nitrogen and oxygen atoms in total. The second-order valence-electron chi connectivity index (χ2n) is 3.93. The highest BCUT2D eigenvalue weighted by molar-refractivity contribution is 5.89. The molecule has 0 aliphatic heterocycles. The van der Waals surface area contributed by atoms with Gasteiger partial charge in [0.05, 0.1) is 18.4 Å². The van der Waals surface area contributed by atoms with Crippen molar-refractivity contribution in [2.45, 2.75) is 25.8 Å². The molecule has 1 amide bonds. The van der Waals surface area contributed by atoms with E-state index in [1.807, 2.05) is 0 Å². The van der Waals surface area contributed by atoms with E-state index in [1.165, 1.54) is 17.2 Å². The van der Waals surface area contributed by atoms with Gasteiger partial charge in [-0.3, -0.25) is 4.90 Å². The lowest BCUT2D eigenvalue weighted by Gasteiger charge is -2.20. The van der Waals surface area contributed by atoms with Crippen molar-refractivity contribution in [2.75, 3.05) is 11.5 Å². The highest BCUT2D eigenvalue weighted by atomic mass is 16.6. The van der Waals surface area contributed by atoms with E-state index >= 15 is 0 Å². The summed E-state index contributed by atoms with van der Waals surface area (Å²) in [5, 5.41) is 10.7. The molecule has 0 radical (unpaired) electrons. The molecule has 0 bridgehead atoms. The maximum Gasteiger partial charge on any atom is 0.414 e. The first-order valence-electron chi connectivity index (χ1n) is 5.70. The van der Waals surface area contributed by atoms with Crippen LogP contribution in [0.5, 0.6) is 0 Å². The summed E-state index contributed by atoms with van der Waals surface area (Å²) in [7, 11) is 0. The third kappa shape index (κ3) is 2.55. The Kier molecular flexibility index (Phi) is 3.40. The molecule has 1 heterocycles. The molecule has 0 unspecified atom stereocenters. The number of aromatic nitrogens is 1. The number of anilines is 1. The third-order valence-electron chi connectivity index (χ3n) is 2.57. The Morgan fingerprint density at radius 1 is 1.67 bits per heavy atom. The minimum atomic E-state index is -0.584. The molecule has 1 aliphatic carbocycles. The van der Waals surface area contributed by atoms with Crippen LogP contribution < -0.4 is 4.90 Å². The van der Waals surface area contributed by atoms with Crippen molar-refractivity contribution in [2.24, 2.45) is 0 Å². The van der Waals surface area contributed by atoms with Crippen LogP contribution in [-0.2, 0) is 4.74 Å². The van der Waals surface area contributed by atoms with E-state index in [1.54, 1.807) is 13.0 Å². The van der Waals surface area contributed by atoms with Gasteiger partial charge in [-0.1, -0.05) is 0 Å². The first kappa shape index (κ1) is 12.3. The van der Waals surface area contributed by atoms with Crippen molar-refractivity contribution in [1.29, 1.82) is 0 Å². The molecule has 1 aliphatic rings. The molecule has 1 fully saturated rings. The van der Waals surface area contributed by atoms with Crippen LogP contribution in [0.1, 0.15) is 19.8 Å². The molecular formula is C11H13N3O4. The molecule has 1 saturated carbocycles. The second kappa shape index (κ2) is 4.99. The highest BCUT2D eigenvalue weighted by Gasteiger charge is 2.35. The van der Waals surface area contributed by atoms with Crippen LogP contribution in [0.15, 0.2) is 18.3 Å². The smallest absolute Gasteiger partial charge is 0.414 e. The maximum atomic E-state index is 11.8. The lowest BCUT2D eigenvalue weighted by Crippen LogP contribution is -2.33. The van der Waals surface area contributed by atoms with Gasteiger partial charge in [-0.05, 0) is 29.7 Å². The van der Waals surface area contributed by atoms with Crippen molar-refractivity contribution < 1.29 is 14.5 Å². The molecule has 1 aromatic rings. The number of nitro groups is 1. The van der Waals surface area contributed by atoms with Crippen LogP contribution in [0.4, 0.5) is 16.3 Å². The number of rotatable bonds is 4. The van der Waals surface area contributed by atoms with Gasteiger partial charge >= 0.3 is 11.9 Å². The number of hydrogen-bond acceptors (Lipinski definition) is 5. The van der Waals surface area contributed by atoms with Crippen LogP contribution in [0.2, 0.25) is 0 Å². The Morgan fingerprint density at radius 3 is 2.94 bits per heavy atom. The van der Waals surface area contributed by atoms with Gasteiger partial charge in [-0.15, -0.1) is 0 Å². The van der Waals surface area contributed by atoms with Crippen molar-refractivity contribution in [3.05, 3.63) is 28.4 Å². The minimum Gasteiger partial charge on any atom is -0.449 e. The number of carbonyl (C=O) groups excluding carboxylic acids is 1. The molecule has 18 heavy (non-hydrogen) atoms. The van der Waals surface area contributed by atoms with Crippen molar-refractivity contribution >= 4 is 17.6 Å². The van der Waals surface area contributed by atoms with Gasteiger partial charge in [0.1, 0.15) is 6.20 Å². The van der Waals surface area contributed by atoms with Crippen LogP contribution >= 0.6 is 0 Å². The number of carbonyl (C=O) groups is 1. The first-order chi connectivity index (χ1) is 8.63. The fourth-order valence-corrected chi connectivity index (χ4v) is 1.65. The lowest BCUT2D eigenvalue weighted by atomic mass is 10.3. The quantitative estimate of drug-likeness (QED) is 0.604. The van der Waals surface area contributed by atoms with Crippen molar-refractivity contribution in [3.8, 4) is 0 Å². The predicted octanol–water partition coefficient (Wildman–Crippen LogP) is 2.12. The summed E-state index contributed by atoms with van der Waals surface area (Å²) in [6.45, 7) is 1.99. The lowest BCUT2D eigenvalue weighted by molar-refractivity contribution is -0.389. The van der Waals surface area contributed by atoms with Crippen LogP contribution in [-0.4, -0.2) is 28.6 Å². The average molecular weight is 251 g/mol. The molecule has 0 N–H and O–H groups in total. The topological polar surface area (TPSA) is 85.6 Å².